The van der Waals surface area contributed by atoms with Gasteiger partial charge in [-0.15, -0.1) is 0 Å². The Balaban J connectivity index is 3.54. The van der Waals surface area contributed by atoms with Gasteiger partial charge in [-0.3, -0.25) is 86.9 Å². The molecule has 15 amide bonds. The van der Waals surface area contributed by atoms with Crippen molar-refractivity contribution in [3.8, 4) is 5.75 Å². The molecule has 0 unspecified atom stereocenters. The highest BCUT2D eigenvalue weighted by molar-refractivity contribution is 7.98. The van der Waals surface area contributed by atoms with Gasteiger partial charge in [-0.2, -0.15) is 23.5 Å². The summed E-state index contributed by atoms with van der Waals surface area (Å²) < 4.78 is 0. The predicted molar refractivity (Wildman–Crippen MR) is 460 cm³/mol. The van der Waals surface area contributed by atoms with E-state index in [0.717, 1.165) is 0 Å². The largest absolute Gasteiger partial charge is 0.508 e. The molecule has 1 rings (SSSR count). The first-order valence-electron chi connectivity index (χ1n) is 40.1. The highest BCUT2D eigenvalue weighted by atomic mass is 32.2. The quantitative estimate of drug-likeness (QED) is 0.0164. The van der Waals surface area contributed by atoms with Crippen molar-refractivity contribution in [2.45, 2.75) is 236 Å². The average molecular weight is 1770 g/mol. The molecule has 0 fully saturated rings. The number of aliphatic imine (C=N–C) groups is 3. The summed E-state index contributed by atoms with van der Waals surface area (Å²) in [6, 6.07) is -13.0. The molecule has 122 heavy (non-hydrogen) atoms. The lowest BCUT2D eigenvalue weighted by atomic mass is 9.96. The number of guanidine groups is 3. The molecule has 1 aromatic carbocycles. The highest BCUT2D eigenvalue weighted by Gasteiger charge is 2.39. The van der Waals surface area contributed by atoms with Crippen LogP contribution in [0, 0.1) is 17.8 Å². The Hall–Kier alpha value is -11.1. The normalized spacial score (nSPS) is 14.7. The highest BCUT2D eigenvalue weighted by Crippen LogP contribution is 2.17. The SMILES string of the molecule is CC[C@H](C)[C@H](NC(=O)[C@H](CCCN=C(N)N)NC(=O)[C@@H](NC(=O)[C@H](Cc1ccc(O)cc1)NC(=O)[C@@H](NC(=O)[C@H](C)N)C(C)C)[C@@H](C)O)C(=O)N[C@@H](CCSC)C(=O)N[C@@H](CCSC)C(=O)N[C@@H](CC(N)=O)C(=O)NCC(=O)NCC(=O)N[C@@H](CCCN=C(N)N)C(=O)N[C@@H](CC(C)C)C(=O)N[C@@H](CCCCN)C(=O)N[C@@H](CCCN=C(N)N)C(=O)O. The summed E-state index contributed by atoms with van der Waals surface area (Å²) in [7, 11) is 0. The number of phenolic OH excluding ortho intramolecular Hbond substituents is 1. The van der Waals surface area contributed by atoms with E-state index in [-0.39, 0.29) is 144 Å². The van der Waals surface area contributed by atoms with Crippen molar-refractivity contribution in [3.63, 3.8) is 0 Å². The van der Waals surface area contributed by atoms with Crippen LogP contribution < -0.4 is 126 Å². The summed E-state index contributed by atoms with van der Waals surface area (Å²) in [6.45, 7) is 11.2. The number of carboxylic acid groups (broad SMARTS) is 1. The second kappa shape index (κ2) is 58.8. The third-order valence-electron chi connectivity index (χ3n) is 18.6. The lowest BCUT2D eigenvalue weighted by Crippen LogP contribution is -2.62. The Morgan fingerprint density at radius 3 is 1.23 bits per heavy atom. The van der Waals surface area contributed by atoms with E-state index in [1.165, 1.54) is 61.6 Å². The van der Waals surface area contributed by atoms with E-state index in [2.05, 4.69) is 89.4 Å². The van der Waals surface area contributed by atoms with Crippen LogP contribution in [-0.4, -0.2) is 276 Å². The number of phenols is 1. The van der Waals surface area contributed by atoms with E-state index >= 15 is 0 Å². The number of aliphatic hydroxyl groups excluding tert-OH is 1. The molecule has 0 saturated carbocycles. The third kappa shape index (κ3) is 44.5. The first-order chi connectivity index (χ1) is 57.4. The Labute approximate surface area is 718 Å². The zero-order chi connectivity index (χ0) is 92.5. The van der Waals surface area contributed by atoms with Gasteiger partial charge in [0.1, 0.15) is 78.3 Å². The fraction of sp³-hybridized carbons (Fsp3) is 0.667. The maximum absolute atomic E-state index is 14.7. The molecule has 0 heterocycles. The molecule has 0 radical (unpaired) electrons. The maximum Gasteiger partial charge on any atom is 0.326 e. The summed E-state index contributed by atoms with van der Waals surface area (Å²) in [5, 5.41) is 66.3. The van der Waals surface area contributed by atoms with E-state index in [1.54, 1.807) is 54.1 Å². The number of rotatable bonds is 61. The van der Waals surface area contributed by atoms with Gasteiger partial charge in [0, 0.05) is 26.1 Å². The van der Waals surface area contributed by atoms with Crippen LogP contribution >= 0.6 is 23.5 Å². The number of aromatic hydroxyl groups is 1. The fourth-order valence-electron chi connectivity index (χ4n) is 11.6. The molecular weight excluding hydrogens is 1630 g/mol. The molecule has 45 nitrogen and oxygen atoms in total. The molecule has 35 N–H and O–H groups in total. The third-order valence-corrected chi connectivity index (χ3v) is 19.9. The molecule has 0 aliphatic rings. The summed E-state index contributed by atoms with van der Waals surface area (Å²) in [5.74, 6) is -17.3. The average Bonchev–Trinajstić information content (AvgIpc) is 0.856. The van der Waals surface area contributed by atoms with Crippen molar-refractivity contribution in [2.24, 2.45) is 84.3 Å². The van der Waals surface area contributed by atoms with Crippen LogP contribution in [0.2, 0.25) is 0 Å². The van der Waals surface area contributed by atoms with Crippen molar-refractivity contribution in [1.29, 1.82) is 0 Å². The number of unbranched alkanes of at least 4 members (excludes halogenated alkanes) is 1. The van der Waals surface area contributed by atoms with E-state index in [4.69, 9.17) is 51.6 Å². The van der Waals surface area contributed by atoms with Crippen molar-refractivity contribution >= 4 is 136 Å². The van der Waals surface area contributed by atoms with Gasteiger partial charge in [0.2, 0.25) is 88.6 Å². The van der Waals surface area contributed by atoms with Gasteiger partial charge in [-0.25, -0.2) is 4.79 Å². The van der Waals surface area contributed by atoms with Crippen LogP contribution in [0.25, 0.3) is 0 Å². The van der Waals surface area contributed by atoms with Crippen LogP contribution in [0.4, 0.5) is 0 Å². The number of hydrogen-bond acceptors (Lipinski definition) is 25. The molecule has 1 aromatic rings. The summed E-state index contributed by atoms with van der Waals surface area (Å²) >= 11 is 2.56. The molecule has 0 aliphatic carbocycles. The number of carboxylic acids is 1. The lowest BCUT2D eigenvalue weighted by molar-refractivity contribution is -0.142. The van der Waals surface area contributed by atoms with Gasteiger partial charge in [0.15, 0.2) is 17.9 Å². The van der Waals surface area contributed by atoms with Gasteiger partial charge in [0.05, 0.1) is 31.7 Å². The zero-order valence-corrected chi connectivity index (χ0v) is 72.7. The number of carbonyl (C=O) groups excluding carboxylic acids is 15. The molecule has 15 atom stereocenters. The number of nitrogens with zero attached hydrogens (tertiary/aromatic N) is 3. The number of nitrogens with two attached hydrogens (primary N) is 9. The topological polar surface area (TPSA) is 773 Å². The Bertz CT molecular complexity index is 3680. The van der Waals surface area contributed by atoms with Gasteiger partial charge in [0.25, 0.3) is 0 Å². The predicted octanol–water partition coefficient (Wildman–Crippen LogP) is -7.78. The number of hydrogen-bond donors (Lipinski definition) is 26. The molecule has 688 valence electrons. The Kier molecular flexibility index (Phi) is 52.5. The van der Waals surface area contributed by atoms with Crippen LogP contribution in [-0.2, 0) is 83.1 Å². The van der Waals surface area contributed by atoms with E-state index in [9.17, 15) is 92.0 Å². The van der Waals surface area contributed by atoms with Gasteiger partial charge >= 0.3 is 5.97 Å². The van der Waals surface area contributed by atoms with Crippen molar-refractivity contribution < 1.29 is 92.0 Å². The molecule has 0 aliphatic heterocycles. The number of amides is 15. The van der Waals surface area contributed by atoms with E-state index < -0.39 is 211 Å². The Morgan fingerprint density at radius 1 is 0.418 bits per heavy atom. The monoisotopic (exact) mass is 1760 g/mol. The Morgan fingerprint density at radius 2 is 0.795 bits per heavy atom. The minimum atomic E-state index is -1.83. The van der Waals surface area contributed by atoms with Crippen molar-refractivity contribution in [1.82, 2.24) is 74.4 Å². The smallest absolute Gasteiger partial charge is 0.326 e. The summed E-state index contributed by atoms with van der Waals surface area (Å²) in [4.78, 5) is 232. The molecule has 0 aromatic heterocycles. The maximum atomic E-state index is 14.7. The van der Waals surface area contributed by atoms with Crippen LogP contribution in [0.3, 0.4) is 0 Å². The van der Waals surface area contributed by atoms with Gasteiger partial charge in [-0.1, -0.05) is 60.1 Å². The van der Waals surface area contributed by atoms with Crippen LogP contribution in [0.1, 0.15) is 151 Å². The number of aliphatic hydroxyl groups is 1. The van der Waals surface area contributed by atoms with Crippen molar-refractivity contribution in [3.05, 3.63) is 29.8 Å². The van der Waals surface area contributed by atoms with Crippen LogP contribution in [0.5, 0.6) is 5.75 Å². The van der Waals surface area contributed by atoms with E-state index in [1.807, 2.05) is 0 Å². The molecule has 0 saturated heterocycles. The van der Waals surface area contributed by atoms with Gasteiger partial charge in [-0.05, 0) is 157 Å². The van der Waals surface area contributed by atoms with Crippen LogP contribution in [0.15, 0.2) is 39.2 Å². The summed E-state index contributed by atoms with van der Waals surface area (Å²) in [5.41, 5.74) is 50.3. The number of aliphatic carboxylic acids is 1. The lowest BCUT2D eigenvalue weighted by Gasteiger charge is -2.30. The number of benzene rings is 1. The zero-order valence-electron chi connectivity index (χ0n) is 71.1. The molecular formula is C75H132N26O19S2. The minimum Gasteiger partial charge on any atom is -0.508 e. The molecule has 0 spiro atoms. The second-order valence-electron chi connectivity index (χ2n) is 29.9. The standard InChI is InChI=1S/C75H132N26O19S2/c1-11-40(6)58(100-66(113)47(19-15-29-86-74(81)82)93-71(118)59(42(8)102)101-68(115)52(34-43-21-23-44(103)24-22-43)98-69(116)57(39(4)5)99-60(107)41(7)77)70(117)94-49(26-32-122-10)64(111)92-48(25-31-121-9)65(112)97-53(35-54(78)104)61(108)89-36-55(105)88-37-56(106)90-45(18-14-28-85-73(79)80)62(109)96-51(33-38(2)3)67(114)91-46(17-12-13-27-76)63(110)95-50(72(119)120)20-16-30-87-75(83)84/h21-24,38-42,45-53,57-59,102-103H,11-20,25-37,76-77H2,1-10H3,(H2,78,104)(H,88,105)(H,89,108)(H,90,106)(H,91,114)(H,92,111)(H,93,118)(H,94,117)(H,95,110)(H,96,109)(H,97,112)(H,98,116)(H,99,107)(H,100,113)(H,101,115)(H,119,120)(H4,79,80,85)(H4,81,82,86)(H4,83,84,87)/t40-,41-,42+,45-,46-,47-,48-,49-,50-,51-,52-,53-,57-,58-,59-/m0/s1. The molecule has 47 heteroatoms. The summed E-state index contributed by atoms with van der Waals surface area (Å²) in [6.07, 6.45) is 1.44. The number of thioether (sulfide) groups is 2. The van der Waals surface area contributed by atoms with Crippen molar-refractivity contribution in [2.75, 3.05) is 63.3 Å². The second-order valence-corrected chi connectivity index (χ2v) is 31.9. The first-order valence-corrected chi connectivity index (χ1v) is 42.9. The fourth-order valence-corrected chi connectivity index (χ4v) is 12.6. The number of carbonyl (C=O) groups is 16. The molecule has 0 bridgehead atoms. The number of nitrogens with one attached hydrogen (secondary N) is 14. The van der Waals surface area contributed by atoms with E-state index in [0.29, 0.717) is 18.4 Å². The number of primary amides is 1. The first kappa shape index (κ1) is 109. The minimum absolute atomic E-state index is 0.00760. The van der Waals surface area contributed by atoms with Gasteiger partial charge < -0.3 is 141 Å².